The predicted octanol–water partition coefficient (Wildman–Crippen LogP) is 3.53. The second-order valence-corrected chi connectivity index (χ2v) is 14.5. The molecule has 1 atom stereocenters. The number of aliphatic carboxylic acids is 1. The van der Waals surface area contributed by atoms with Crippen molar-refractivity contribution >= 4 is 41.0 Å². The van der Waals surface area contributed by atoms with Gasteiger partial charge in [-0.25, -0.2) is 0 Å². The highest BCUT2D eigenvalue weighted by Gasteiger charge is 2.30. The molecule has 0 radical (unpaired) electrons. The number of carbonyl (C=O) groups is 5. The van der Waals surface area contributed by atoms with Crippen molar-refractivity contribution < 1.29 is 43.3 Å². The molecule has 16 heteroatoms. The molecule has 2 aliphatic rings. The van der Waals surface area contributed by atoms with Crippen LogP contribution in [0.1, 0.15) is 69.6 Å². The summed E-state index contributed by atoms with van der Waals surface area (Å²) in [6.45, 7) is 5.74. The van der Waals surface area contributed by atoms with Crippen LogP contribution < -0.4 is 20.9 Å². The van der Waals surface area contributed by atoms with Gasteiger partial charge in [-0.1, -0.05) is 6.07 Å². The number of carboxylic acid groups (broad SMARTS) is 1. The monoisotopic (exact) mass is 815 g/mol. The number of amides is 4. The highest BCUT2D eigenvalue weighted by molar-refractivity contribution is 6.08. The molecule has 3 aromatic rings. The third-order valence-electron chi connectivity index (χ3n) is 10.4. The van der Waals surface area contributed by atoms with E-state index in [2.05, 4.69) is 30.7 Å². The number of pyridine rings is 1. The summed E-state index contributed by atoms with van der Waals surface area (Å²) in [4.78, 5) is 73.9. The maximum absolute atomic E-state index is 13.8. The molecular formula is C43H57N7O9. The van der Waals surface area contributed by atoms with Gasteiger partial charge in [0.05, 0.1) is 63.5 Å². The number of likely N-dealkylation sites (tertiary alicyclic amines) is 1. The Morgan fingerprint density at radius 1 is 0.814 bits per heavy atom. The van der Waals surface area contributed by atoms with E-state index in [0.717, 1.165) is 51.0 Å². The Hall–Kier alpha value is -5.42. The van der Waals surface area contributed by atoms with E-state index in [4.69, 9.17) is 19.3 Å². The minimum atomic E-state index is -0.903. The molecule has 4 N–H and O–H groups in total. The molecule has 4 amide bonds. The number of likely N-dealkylation sites (N-methyl/N-ethyl adjacent to an activating group) is 1. The highest BCUT2D eigenvalue weighted by Crippen LogP contribution is 2.33. The lowest BCUT2D eigenvalue weighted by Crippen LogP contribution is -2.46. The van der Waals surface area contributed by atoms with Crippen LogP contribution in [0.2, 0.25) is 0 Å². The molecule has 0 spiro atoms. The summed E-state index contributed by atoms with van der Waals surface area (Å²) in [7, 11) is 3.29. The van der Waals surface area contributed by atoms with Crippen molar-refractivity contribution in [3.8, 4) is 11.3 Å². The average Bonchev–Trinajstić information content (AvgIpc) is 3.74. The summed E-state index contributed by atoms with van der Waals surface area (Å²) in [6.07, 6.45) is 6.54. The maximum Gasteiger partial charge on any atom is 0.305 e. The van der Waals surface area contributed by atoms with Gasteiger partial charge in [0.2, 0.25) is 5.91 Å². The molecule has 0 aliphatic carbocycles. The molecular weight excluding hydrogens is 759 g/mol. The molecule has 2 saturated heterocycles. The number of ether oxygens (including phenoxy) is 3. The molecule has 2 fully saturated rings. The number of piperidine rings is 1. The van der Waals surface area contributed by atoms with Crippen molar-refractivity contribution in [3.05, 3.63) is 77.5 Å². The number of carbonyl (C=O) groups excluding carboxylic acids is 4. The first-order valence-corrected chi connectivity index (χ1v) is 20.4. The van der Waals surface area contributed by atoms with E-state index in [1.54, 1.807) is 61.6 Å². The van der Waals surface area contributed by atoms with Crippen LogP contribution in [0.15, 0.2) is 60.8 Å². The van der Waals surface area contributed by atoms with E-state index in [-0.39, 0.29) is 36.8 Å². The number of nitrogens with one attached hydrogen (secondary N) is 3. The lowest BCUT2D eigenvalue weighted by atomic mass is 10.0. The topological polar surface area (TPSA) is 192 Å². The van der Waals surface area contributed by atoms with E-state index in [1.165, 1.54) is 6.42 Å². The standard InChI is InChI=1S/C43H57N7O9/c1-44-40(53)32-13-15-45-37(29-32)35-30-34(49-17-4-3-5-18-49)11-12-36(35)47-41(54)31-8-6-9-33(28-31)43(56)48(2)20-21-50-19-7-10-38(50)42(55)46-16-23-58-25-27-59-26-24-57-22-14-39(51)52/h6,8-9,11-13,15,28-30,38H,3-5,7,10,14,16-27H2,1-2H3,(H,44,53)(H,46,55)(H,47,54)(H,51,52)/t38-/m0/s1. The van der Waals surface area contributed by atoms with Crippen LogP contribution in [0.4, 0.5) is 11.4 Å². The Morgan fingerprint density at radius 2 is 1.53 bits per heavy atom. The van der Waals surface area contributed by atoms with Crippen molar-refractivity contribution in [3.63, 3.8) is 0 Å². The van der Waals surface area contributed by atoms with Gasteiger partial charge in [0, 0.05) is 81.0 Å². The number of hydrogen-bond donors (Lipinski definition) is 4. The number of anilines is 2. The fourth-order valence-corrected chi connectivity index (χ4v) is 7.11. The van der Waals surface area contributed by atoms with Gasteiger partial charge in [-0.3, -0.25) is 33.9 Å². The second-order valence-electron chi connectivity index (χ2n) is 14.5. The molecule has 0 unspecified atom stereocenters. The van der Waals surface area contributed by atoms with Crippen molar-refractivity contribution in [1.82, 2.24) is 25.4 Å². The number of benzene rings is 2. The highest BCUT2D eigenvalue weighted by atomic mass is 16.5. The lowest BCUT2D eigenvalue weighted by Gasteiger charge is -2.29. The molecule has 5 rings (SSSR count). The van der Waals surface area contributed by atoms with Gasteiger partial charge in [-0.2, -0.15) is 0 Å². The molecule has 318 valence electrons. The molecule has 16 nitrogen and oxygen atoms in total. The zero-order valence-corrected chi connectivity index (χ0v) is 34.1. The van der Waals surface area contributed by atoms with Crippen molar-refractivity contribution in [2.24, 2.45) is 0 Å². The van der Waals surface area contributed by atoms with E-state index in [1.807, 2.05) is 18.2 Å². The predicted molar refractivity (Wildman–Crippen MR) is 223 cm³/mol. The van der Waals surface area contributed by atoms with Crippen LogP contribution in [0, 0.1) is 0 Å². The summed E-state index contributed by atoms with van der Waals surface area (Å²) >= 11 is 0. The molecule has 2 aliphatic heterocycles. The Morgan fingerprint density at radius 3 is 2.27 bits per heavy atom. The average molecular weight is 816 g/mol. The fraction of sp³-hybridized carbons (Fsp3) is 0.488. The second kappa shape index (κ2) is 23.2. The summed E-state index contributed by atoms with van der Waals surface area (Å²) in [6, 6.07) is 15.5. The van der Waals surface area contributed by atoms with E-state index < -0.39 is 11.9 Å². The van der Waals surface area contributed by atoms with E-state index in [0.29, 0.717) is 86.3 Å². The summed E-state index contributed by atoms with van der Waals surface area (Å²) in [5, 5.41) is 17.2. The number of rotatable bonds is 22. The third kappa shape index (κ3) is 13.6. The van der Waals surface area contributed by atoms with Gasteiger partial charge < -0.3 is 45.1 Å². The van der Waals surface area contributed by atoms with Crippen LogP contribution in [-0.2, 0) is 23.8 Å². The Bertz CT molecular complexity index is 1890. The molecule has 0 bridgehead atoms. The van der Waals surface area contributed by atoms with Crippen LogP contribution in [0.25, 0.3) is 11.3 Å². The Kier molecular flexibility index (Phi) is 17.6. The van der Waals surface area contributed by atoms with Gasteiger partial charge in [0.15, 0.2) is 0 Å². The van der Waals surface area contributed by atoms with Crippen molar-refractivity contribution in [2.75, 3.05) is 103 Å². The van der Waals surface area contributed by atoms with Gasteiger partial charge >= 0.3 is 5.97 Å². The largest absolute Gasteiger partial charge is 0.481 e. The number of nitrogens with zero attached hydrogens (tertiary/aromatic N) is 4. The first-order chi connectivity index (χ1) is 28.6. The zero-order valence-electron chi connectivity index (χ0n) is 34.1. The summed E-state index contributed by atoms with van der Waals surface area (Å²) in [5.41, 5.74) is 3.91. The molecule has 0 saturated carbocycles. The van der Waals surface area contributed by atoms with Crippen molar-refractivity contribution in [2.45, 2.75) is 44.6 Å². The van der Waals surface area contributed by atoms with Gasteiger partial charge in [-0.05, 0) is 87.2 Å². The molecule has 59 heavy (non-hydrogen) atoms. The SMILES string of the molecule is CNC(=O)c1ccnc(-c2cc(N3CCCCC3)ccc2NC(=O)c2cccc(C(=O)N(C)CCN3CCC[C@H]3C(=O)NCCOCCOCCOCCC(=O)O)c2)c1. The van der Waals surface area contributed by atoms with Gasteiger partial charge in [-0.15, -0.1) is 0 Å². The van der Waals surface area contributed by atoms with E-state index >= 15 is 0 Å². The molecule has 1 aromatic heterocycles. The first kappa shape index (κ1) is 44.7. The van der Waals surface area contributed by atoms with Gasteiger partial charge in [0.25, 0.3) is 17.7 Å². The normalized spacial score (nSPS) is 15.4. The number of hydrogen-bond acceptors (Lipinski definition) is 11. The van der Waals surface area contributed by atoms with E-state index in [9.17, 15) is 24.0 Å². The fourth-order valence-electron chi connectivity index (χ4n) is 7.11. The minimum absolute atomic E-state index is 0.0414. The maximum atomic E-state index is 13.8. The van der Waals surface area contributed by atoms with Crippen LogP contribution in [0.5, 0.6) is 0 Å². The zero-order chi connectivity index (χ0) is 42.0. The first-order valence-electron chi connectivity index (χ1n) is 20.4. The van der Waals surface area contributed by atoms with Gasteiger partial charge in [0.1, 0.15) is 0 Å². The van der Waals surface area contributed by atoms with Crippen LogP contribution in [0.3, 0.4) is 0 Å². The minimum Gasteiger partial charge on any atom is -0.481 e. The third-order valence-corrected chi connectivity index (χ3v) is 10.4. The van der Waals surface area contributed by atoms with Crippen molar-refractivity contribution in [1.29, 1.82) is 0 Å². The Balaban J connectivity index is 1.11. The summed E-state index contributed by atoms with van der Waals surface area (Å²) < 4.78 is 16.1. The van der Waals surface area contributed by atoms with Crippen LogP contribution in [-0.4, -0.2) is 149 Å². The Labute approximate surface area is 345 Å². The lowest BCUT2D eigenvalue weighted by molar-refractivity contribution is -0.138. The smallest absolute Gasteiger partial charge is 0.305 e. The number of aromatic nitrogens is 1. The molecule has 3 heterocycles. The van der Waals surface area contributed by atoms with Crippen LogP contribution >= 0.6 is 0 Å². The molecule has 2 aromatic carbocycles. The quantitative estimate of drug-likeness (QED) is 0.108. The number of carboxylic acids is 1. The summed E-state index contributed by atoms with van der Waals surface area (Å²) in [5.74, 6) is -1.85.